The third-order valence-corrected chi connectivity index (χ3v) is 4.49. The number of hydrogen-bond donors (Lipinski definition) is 2. The van der Waals surface area contributed by atoms with E-state index in [2.05, 4.69) is 10.6 Å². The van der Waals surface area contributed by atoms with Crippen LogP contribution in [0.25, 0.3) is 0 Å². The molecule has 7 nitrogen and oxygen atoms in total. The first kappa shape index (κ1) is 18.4. The molecule has 2 aromatic carbocycles. The minimum Gasteiger partial charge on any atom is -0.495 e. The molecule has 27 heavy (non-hydrogen) atoms. The van der Waals surface area contributed by atoms with Crippen LogP contribution in [0, 0.1) is 5.92 Å². The number of hydrogen-bond acceptors (Lipinski definition) is 4. The fourth-order valence-electron chi connectivity index (χ4n) is 3.10. The molecule has 1 heterocycles. The number of carbonyl (C=O) groups is 3. The van der Waals surface area contributed by atoms with E-state index in [0.717, 1.165) is 0 Å². The zero-order valence-electron chi connectivity index (χ0n) is 15.2. The lowest BCUT2D eigenvalue weighted by atomic mass is 10.1. The molecule has 1 saturated heterocycles. The summed E-state index contributed by atoms with van der Waals surface area (Å²) in [7, 11) is 3.09. The maximum absolute atomic E-state index is 12.6. The second kappa shape index (κ2) is 7.90. The Morgan fingerprint density at radius 2 is 1.93 bits per heavy atom. The number of nitrogens with zero attached hydrogens (tertiary/aromatic N) is 1. The van der Waals surface area contributed by atoms with Crippen LogP contribution in [-0.2, 0) is 9.59 Å². The summed E-state index contributed by atoms with van der Waals surface area (Å²) in [5, 5.41) is 5.34. The molecule has 0 spiro atoms. The highest BCUT2D eigenvalue weighted by molar-refractivity contribution is 6.04. The van der Waals surface area contributed by atoms with Gasteiger partial charge in [0.15, 0.2) is 0 Å². The summed E-state index contributed by atoms with van der Waals surface area (Å²) < 4.78 is 5.31. The van der Waals surface area contributed by atoms with E-state index in [1.54, 1.807) is 55.5 Å². The van der Waals surface area contributed by atoms with Gasteiger partial charge in [-0.25, -0.2) is 0 Å². The Hall–Kier alpha value is -3.35. The first-order chi connectivity index (χ1) is 13.0. The highest BCUT2D eigenvalue weighted by atomic mass is 16.5. The number of nitrogens with one attached hydrogen (secondary N) is 2. The fourth-order valence-corrected chi connectivity index (χ4v) is 3.10. The second-order valence-corrected chi connectivity index (χ2v) is 6.23. The van der Waals surface area contributed by atoms with Crippen molar-refractivity contribution in [3.63, 3.8) is 0 Å². The summed E-state index contributed by atoms with van der Waals surface area (Å²) in [4.78, 5) is 38.3. The van der Waals surface area contributed by atoms with Crippen LogP contribution in [0.5, 0.6) is 5.75 Å². The topological polar surface area (TPSA) is 87.7 Å². The molecule has 1 aliphatic rings. The van der Waals surface area contributed by atoms with E-state index in [0.29, 0.717) is 22.7 Å². The molecule has 0 saturated carbocycles. The van der Waals surface area contributed by atoms with Crippen LogP contribution < -0.4 is 20.3 Å². The molecule has 3 amide bonds. The monoisotopic (exact) mass is 367 g/mol. The van der Waals surface area contributed by atoms with Crippen molar-refractivity contribution >= 4 is 29.1 Å². The molecular weight excluding hydrogens is 346 g/mol. The van der Waals surface area contributed by atoms with Crippen LogP contribution in [0.1, 0.15) is 16.8 Å². The Morgan fingerprint density at radius 1 is 1.15 bits per heavy atom. The lowest BCUT2D eigenvalue weighted by Gasteiger charge is -2.19. The van der Waals surface area contributed by atoms with Gasteiger partial charge in [-0.3, -0.25) is 14.4 Å². The zero-order chi connectivity index (χ0) is 19.4. The Balaban J connectivity index is 1.72. The molecule has 0 bridgehead atoms. The van der Waals surface area contributed by atoms with Crippen molar-refractivity contribution in [2.45, 2.75) is 6.42 Å². The van der Waals surface area contributed by atoms with Crippen molar-refractivity contribution < 1.29 is 19.1 Å². The van der Waals surface area contributed by atoms with Crippen molar-refractivity contribution in [1.29, 1.82) is 0 Å². The van der Waals surface area contributed by atoms with Gasteiger partial charge in [-0.1, -0.05) is 18.2 Å². The maximum atomic E-state index is 12.6. The number of carbonyl (C=O) groups excluding carboxylic acids is 3. The van der Waals surface area contributed by atoms with Crippen molar-refractivity contribution in [1.82, 2.24) is 5.32 Å². The Kier molecular flexibility index (Phi) is 5.40. The van der Waals surface area contributed by atoms with E-state index >= 15 is 0 Å². The highest BCUT2D eigenvalue weighted by Crippen LogP contribution is 2.33. The van der Waals surface area contributed by atoms with Crippen LogP contribution in [-0.4, -0.2) is 38.4 Å². The van der Waals surface area contributed by atoms with Gasteiger partial charge in [-0.2, -0.15) is 0 Å². The average Bonchev–Trinajstić information content (AvgIpc) is 3.09. The van der Waals surface area contributed by atoms with E-state index in [1.165, 1.54) is 0 Å². The van der Waals surface area contributed by atoms with Gasteiger partial charge in [0.05, 0.1) is 18.7 Å². The quantitative estimate of drug-likeness (QED) is 0.847. The summed E-state index contributed by atoms with van der Waals surface area (Å²) in [5.74, 6) is -0.505. The predicted molar refractivity (Wildman–Crippen MR) is 102 cm³/mol. The standard InChI is InChI=1S/C20H21N3O4/c1-21-19(25)13-6-5-7-15(10-13)22-20(26)14-11-18(24)23(12-14)16-8-3-4-9-17(16)27-2/h3-10,14H,11-12H2,1-2H3,(H,21,25)(H,22,26). The normalized spacial score (nSPS) is 16.1. The van der Waals surface area contributed by atoms with Crippen LogP contribution in [0.2, 0.25) is 0 Å². The maximum Gasteiger partial charge on any atom is 0.251 e. The number of para-hydroxylation sites is 2. The Morgan fingerprint density at radius 3 is 2.67 bits per heavy atom. The molecule has 140 valence electrons. The number of ether oxygens (including phenoxy) is 1. The van der Waals surface area contributed by atoms with E-state index in [9.17, 15) is 14.4 Å². The third kappa shape index (κ3) is 3.92. The van der Waals surface area contributed by atoms with Gasteiger partial charge >= 0.3 is 0 Å². The Bertz CT molecular complexity index is 881. The van der Waals surface area contributed by atoms with Gasteiger partial charge in [0, 0.05) is 31.3 Å². The molecule has 1 aliphatic heterocycles. The number of benzene rings is 2. The summed E-state index contributed by atoms with van der Waals surface area (Å²) in [6.07, 6.45) is 0.124. The van der Waals surface area contributed by atoms with Crippen molar-refractivity contribution in [3.8, 4) is 5.75 Å². The summed E-state index contributed by atoms with van der Waals surface area (Å²) in [6.45, 7) is 0.278. The van der Waals surface area contributed by atoms with Crippen LogP contribution in [0.4, 0.5) is 11.4 Å². The smallest absolute Gasteiger partial charge is 0.251 e. The average molecular weight is 367 g/mol. The molecule has 0 radical (unpaired) electrons. The molecule has 3 rings (SSSR count). The van der Waals surface area contributed by atoms with Gasteiger partial charge in [0.2, 0.25) is 11.8 Å². The zero-order valence-corrected chi connectivity index (χ0v) is 15.2. The van der Waals surface area contributed by atoms with E-state index < -0.39 is 5.92 Å². The van der Waals surface area contributed by atoms with Crippen LogP contribution >= 0.6 is 0 Å². The summed E-state index contributed by atoms with van der Waals surface area (Å²) >= 11 is 0. The SMILES string of the molecule is CNC(=O)c1cccc(NC(=O)C2CC(=O)N(c3ccccc3OC)C2)c1. The van der Waals surface area contributed by atoms with Crippen LogP contribution in [0.3, 0.4) is 0 Å². The van der Waals surface area contributed by atoms with E-state index in [4.69, 9.17) is 4.74 Å². The summed E-state index contributed by atoms with van der Waals surface area (Å²) in [6, 6.07) is 13.9. The van der Waals surface area contributed by atoms with Gasteiger partial charge in [0.25, 0.3) is 5.91 Å². The molecule has 2 aromatic rings. The summed E-state index contributed by atoms with van der Waals surface area (Å²) in [5.41, 5.74) is 1.62. The van der Waals surface area contributed by atoms with Gasteiger partial charge in [-0.15, -0.1) is 0 Å². The minimum atomic E-state index is -0.480. The third-order valence-electron chi connectivity index (χ3n) is 4.49. The molecular formula is C20H21N3O4. The molecule has 0 aromatic heterocycles. The minimum absolute atomic E-state index is 0.124. The number of rotatable bonds is 5. The number of amides is 3. The van der Waals surface area contributed by atoms with Crippen LogP contribution in [0.15, 0.2) is 48.5 Å². The van der Waals surface area contributed by atoms with E-state index in [1.807, 2.05) is 12.1 Å². The number of methoxy groups -OCH3 is 1. The molecule has 0 aliphatic carbocycles. The van der Waals surface area contributed by atoms with Crippen molar-refractivity contribution in [2.75, 3.05) is 30.9 Å². The molecule has 2 N–H and O–H groups in total. The molecule has 1 unspecified atom stereocenters. The van der Waals surface area contributed by atoms with Crippen molar-refractivity contribution in [2.24, 2.45) is 5.92 Å². The van der Waals surface area contributed by atoms with Gasteiger partial charge in [-0.05, 0) is 30.3 Å². The largest absolute Gasteiger partial charge is 0.495 e. The van der Waals surface area contributed by atoms with Crippen molar-refractivity contribution in [3.05, 3.63) is 54.1 Å². The van der Waals surface area contributed by atoms with Gasteiger partial charge in [0.1, 0.15) is 5.75 Å². The lowest BCUT2D eigenvalue weighted by Crippen LogP contribution is -2.28. The first-order valence-corrected chi connectivity index (χ1v) is 8.60. The highest BCUT2D eigenvalue weighted by Gasteiger charge is 2.36. The predicted octanol–water partition coefficient (Wildman–Crippen LogP) is 2.05. The first-order valence-electron chi connectivity index (χ1n) is 8.60. The second-order valence-electron chi connectivity index (χ2n) is 6.23. The molecule has 1 atom stereocenters. The fraction of sp³-hybridized carbons (Fsp3) is 0.250. The Labute approximate surface area is 157 Å². The van der Waals surface area contributed by atoms with E-state index in [-0.39, 0.29) is 30.7 Å². The molecule has 1 fully saturated rings. The lowest BCUT2D eigenvalue weighted by molar-refractivity contribution is -0.122. The number of anilines is 2. The molecule has 7 heteroatoms. The van der Waals surface area contributed by atoms with Gasteiger partial charge < -0.3 is 20.3 Å².